The molecule has 0 amide bonds. The minimum Gasteiger partial charge on any atom is -0.371 e. The largest absolute Gasteiger partial charge is 0.371 e. The van der Waals surface area contributed by atoms with Gasteiger partial charge >= 0.3 is 0 Å². The number of benzene rings is 1. The van der Waals surface area contributed by atoms with E-state index in [1.165, 1.54) is 75.5 Å². The van der Waals surface area contributed by atoms with Gasteiger partial charge in [0.1, 0.15) is 0 Å². The van der Waals surface area contributed by atoms with Crippen molar-refractivity contribution in [1.29, 1.82) is 0 Å². The van der Waals surface area contributed by atoms with Crippen molar-refractivity contribution in [2.45, 2.75) is 40.2 Å². The average Bonchev–Trinajstić information content (AvgIpc) is 3.05. The minimum absolute atomic E-state index is 0.779. The Morgan fingerprint density at radius 1 is 0.913 bits per heavy atom. The van der Waals surface area contributed by atoms with Crippen molar-refractivity contribution in [1.82, 2.24) is 9.80 Å². The van der Waals surface area contributed by atoms with Gasteiger partial charge in [0, 0.05) is 58.0 Å². The summed E-state index contributed by atoms with van der Waals surface area (Å²) < 4.78 is 0. The van der Waals surface area contributed by atoms with E-state index < -0.39 is 0 Å². The lowest BCUT2D eigenvalue weighted by Crippen LogP contribution is -2.46. The van der Waals surface area contributed by atoms with Crippen molar-refractivity contribution in [3.63, 3.8) is 0 Å². The van der Waals surface area contributed by atoms with Crippen molar-refractivity contribution in [2.75, 3.05) is 50.7 Å². The molecule has 0 aromatic heterocycles. The molecule has 0 N–H and O–H groups in total. The molecule has 0 unspecified atom stereocenters. The highest BCUT2D eigenvalue weighted by Crippen LogP contribution is 2.27. The highest BCUT2D eigenvalue weighted by atomic mass is 15.3. The summed E-state index contributed by atoms with van der Waals surface area (Å²) in [7, 11) is 0. The van der Waals surface area contributed by atoms with Gasteiger partial charge in [-0.05, 0) is 42.9 Å². The van der Waals surface area contributed by atoms with Crippen LogP contribution in [0.1, 0.15) is 37.8 Å². The van der Waals surface area contributed by atoms with Crippen LogP contribution < -0.4 is 4.90 Å². The molecule has 1 aromatic rings. The van der Waals surface area contributed by atoms with E-state index >= 15 is 0 Å². The molecule has 2 saturated heterocycles. The van der Waals surface area contributed by atoms with Crippen LogP contribution in [-0.4, -0.2) is 55.6 Å². The summed E-state index contributed by atoms with van der Waals surface area (Å²) in [6, 6.07) is 6.89. The minimum atomic E-state index is 0.779. The zero-order chi connectivity index (χ0) is 16.2. The van der Waals surface area contributed by atoms with Crippen LogP contribution in [0.5, 0.6) is 0 Å². The Hall–Kier alpha value is -1.06. The lowest BCUT2D eigenvalue weighted by Gasteiger charge is -2.36. The van der Waals surface area contributed by atoms with Gasteiger partial charge in [-0.1, -0.05) is 26.0 Å². The first-order valence-corrected chi connectivity index (χ1v) is 9.41. The standard InChI is InChI=1S/C20H33N3/c1-17(2)15-21-11-13-22(14-12-21)16-19-7-6-8-20(18(19)3)23-9-4-5-10-23/h6-8,17H,4-5,9-16H2,1-3H3. The third-order valence-corrected chi connectivity index (χ3v) is 5.35. The normalized spacial score (nSPS) is 20.6. The maximum Gasteiger partial charge on any atom is 0.0399 e. The Kier molecular flexibility index (Phi) is 5.60. The van der Waals surface area contributed by atoms with Gasteiger partial charge in [0.05, 0.1) is 0 Å². The molecule has 0 aliphatic carbocycles. The van der Waals surface area contributed by atoms with Crippen molar-refractivity contribution < 1.29 is 0 Å². The van der Waals surface area contributed by atoms with Gasteiger partial charge in [0.15, 0.2) is 0 Å². The van der Waals surface area contributed by atoms with Gasteiger partial charge in [-0.3, -0.25) is 4.90 Å². The second-order valence-corrected chi connectivity index (χ2v) is 7.73. The van der Waals surface area contributed by atoms with Gasteiger partial charge in [0.2, 0.25) is 0 Å². The summed E-state index contributed by atoms with van der Waals surface area (Å²) in [5, 5.41) is 0. The van der Waals surface area contributed by atoms with Crippen LogP contribution in [-0.2, 0) is 6.54 Å². The second kappa shape index (κ2) is 7.67. The van der Waals surface area contributed by atoms with E-state index in [4.69, 9.17) is 0 Å². The van der Waals surface area contributed by atoms with Gasteiger partial charge in [-0.2, -0.15) is 0 Å². The van der Waals surface area contributed by atoms with Crippen LogP contribution in [0.15, 0.2) is 18.2 Å². The molecule has 0 saturated carbocycles. The molecule has 0 spiro atoms. The molecule has 3 nitrogen and oxygen atoms in total. The number of anilines is 1. The van der Waals surface area contributed by atoms with Crippen LogP contribution >= 0.6 is 0 Å². The molecule has 2 aliphatic heterocycles. The van der Waals surface area contributed by atoms with Gasteiger partial charge in [0.25, 0.3) is 0 Å². The molecular formula is C20H33N3. The summed E-state index contributed by atoms with van der Waals surface area (Å²) in [6.07, 6.45) is 2.70. The quantitative estimate of drug-likeness (QED) is 0.825. The lowest BCUT2D eigenvalue weighted by molar-refractivity contribution is 0.117. The number of rotatable bonds is 5. The zero-order valence-corrected chi connectivity index (χ0v) is 15.2. The Morgan fingerprint density at radius 2 is 1.57 bits per heavy atom. The molecule has 1 aromatic carbocycles. The molecular weight excluding hydrogens is 282 g/mol. The van der Waals surface area contributed by atoms with E-state index in [1.807, 2.05) is 0 Å². The molecule has 3 rings (SSSR count). The summed E-state index contributed by atoms with van der Waals surface area (Å²) >= 11 is 0. The van der Waals surface area contributed by atoms with Crippen molar-refractivity contribution in [3.8, 4) is 0 Å². The molecule has 0 atom stereocenters. The van der Waals surface area contributed by atoms with Crippen molar-refractivity contribution in [3.05, 3.63) is 29.3 Å². The molecule has 0 bridgehead atoms. The van der Waals surface area contributed by atoms with Crippen LogP contribution in [0, 0.1) is 12.8 Å². The maximum atomic E-state index is 2.63. The number of hydrogen-bond donors (Lipinski definition) is 0. The second-order valence-electron chi connectivity index (χ2n) is 7.73. The van der Waals surface area contributed by atoms with Crippen LogP contribution in [0.25, 0.3) is 0 Å². The molecule has 2 fully saturated rings. The SMILES string of the molecule is Cc1c(CN2CCN(CC(C)C)CC2)cccc1N1CCCC1. The topological polar surface area (TPSA) is 9.72 Å². The molecule has 2 aliphatic rings. The summed E-state index contributed by atoms with van der Waals surface area (Å²) in [5.41, 5.74) is 4.49. The fourth-order valence-corrected chi connectivity index (χ4v) is 4.03. The molecule has 0 radical (unpaired) electrons. The van der Waals surface area contributed by atoms with Crippen molar-refractivity contribution in [2.24, 2.45) is 5.92 Å². The first-order valence-electron chi connectivity index (χ1n) is 9.41. The van der Waals surface area contributed by atoms with Crippen LogP contribution in [0.3, 0.4) is 0 Å². The van der Waals surface area contributed by atoms with E-state index in [0.717, 1.165) is 12.5 Å². The summed E-state index contributed by atoms with van der Waals surface area (Å²) in [6.45, 7) is 16.7. The van der Waals surface area contributed by atoms with E-state index in [0.29, 0.717) is 0 Å². The van der Waals surface area contributed by atoms with Crippen molar-refractivity contribution >= 4 is 5.69 Å². The van der Waals surface area contributed by atoms with E-state index in [9.17, 15) is 0 Å². The lowest BCUT2D eigenvalue weighted by atomic mass is 10.0. The Bertz CT molecular complexity index is 498. The predicted molar refractivity (Wildman–Crippen MR) is 99.2 cm³/mol. The number of nitrogens with zero attached hydrogens (tertiary/aromatic N) is 3. The Balaban J connectivity index is 1.59. The summed E-state index contributed by atoms with van der Waals surface area (Å²) in [5.74, 6) is 0.779. The molecule has 128 valence electrons. The smallest absolute Gasteiger partial charge is 0.0399 e. The third-order valence-electron chi connectivity index (χ3n) is 5.35. The summed E-state index contributed by atoms with van der Waals surface area (Å²) in [4.78, 5) is 7.82. The van der Waals surface area contributed by atoms with E-state index in [-0.39, 0.29) is 0 Å². The average molecular weight is 316 g/mol. The monoisotopic (exact) mass is 315 g/mol. The van der Waals surface area contributed by atoms with Crippen LogP contribution in [0.2, 0.25) is 0 Å². The zero-order valence-electron chi connectivity index (χ0n) is 15.2. The number of hydrogen-bond acceptors (Lipinski definition) is 3. The molecule has 3 heteroatoms. The number of piperazine rings is 1. The fourth-order valence-electron chi connectivity index (χ4n) is 4.03. The first-order chi connectivity index (χ1) is 11.1. The predicted octanol–water partition coefficient (Wildman–Crippen LogP) is 3.37. The highest BCUT2D eigenvalue weighted by molar-refractivity contribution is 5.56. The Morgan fingerprint density at radius 3 is 2.22 bits per heavy atom. The van der Waals surface area contributed by atoms with E-state index in [2.05, 4.69) is 53.7 Å². The van der Waals surface area contributed by atoms with E-state index in [1.54, 1.807) is 0 Å². The van der Waals surface area contributed by atoms with Crippen LogP contribution in [0.4, 0.5) is 5.69 Å². The van der Waals surface area contributed by atoms with Gasteiger partial charge < -0.3 is 9.80 Å². The third kappa shape index (κ3) is 4.27. The highest BCUT2D eigenvalue weighted by Gasteiger charge is 2.20. The maximum absolute atomic E-state index is 2.63. The molecule has 2 heterocycles. The molecule has 23 heavy (non-hydrogen) atoms. The fraction of sp³-hybridized carbons (Fsp3) is 0.700. The van der Waals surface area contributed by atoms with Gasteiger partial charge in [-0.25, -0.2) is 0 Å². The first kappa shape index (κ1) is 16.8. The Labute approximate surface area is 142 Å². The van der Waals surface area contributed by atoms with Gasteiger partial charge in [-0.15, -0.1) is 0 Å².